The van der Waals surface area contributed by atoms with Crippen LogP contribution in [0.15, 0.2) is 76.8 Å². The van der Waals surface area contributed by atoms with Crippen molar-refractivity contribution in [3.05, 3.63) is 88.3 Å². The van der Waals surface area contributed by atoms with Gasteiger partial charge >= 0.3 is 0 Å². The van der Waals surface area contributed by atoms with E-state index < -0.39 is 5.25 Å². The second-order valence-corrected chi connectivity index (χ2v) is 9.58. The zero-order chi connectivity index (χ0) is 23.5. The number of fused-ring (bicyclic) bond motifs is 1. The molecule has 1 N–H and O–H groups in total. The van der Waals surface area contributed by atoms with E-state index in [4.69, 9.17) is 4.98 Å². The molecule has 1 atom stereocenters. The molecule has 33 heavy (non-hydrogen) atoms. The van der Waals surface area contributed by atoms with Gasteiger partial charge in [0.15, 0.2) is 5.16 Å². The molecule has 0 saturated heterocycles. The fraction of sp³-hybridized carbons (Fsp3) is 0.231. The van der Waals surface area contributed by atoms with Gasteiger partial charge in [-0.25, -0.2) is 14.5 Å². The molecule has 4 rings (SSSR count). The van der Waals surface area contributed by atoms with Gasteiger partial charge in [0.1, 0.15) is 5.82 Å². The van der Waals surface area contributed by atoms with Gasteiger partial charge in [-0.15, -0.1) is 0 Å². The van der Waals surface area contributed by atoms with Crippen molar-refractivity contribution >= 4 is 34.3 Å². The van der Waals surface area contributed by atoms with Crippen LogP contribution in [-0.4, -0.2) is 25.7 Å². The van der Waals surface area contributed by atoms with Gasteiger partial charge in [-0.05, 0) is 61.2 Å². The van der Waals surface area contributed by atoms with Gasteiger partial charge in [0.05, 0.1) is 16.2 Å². The second kappa shape index (κ2) is 9.58. The molecule has 2 heterocycles. The monoisotopic (exact) mass is 458 g/mol. The Balaban J connectivity index is 1.65. The Morgan fingerprint density at radius 2 is 1.73 bits per heavy atom. The number of nitrogens with one attached hydrogen (secondary N) is 1. The number of hydrogen-bond donors (Lipinski definition) is 1. The Hall–Kier alpha value is -3.45. The summed E-state index contributed by atoms with van der Waals surface area (Å²) in [5.74, 6) is 0.738. The molecular formula is C26H26N4O2S. The zero-order valence-electron chi connectivity index (χ0n) is 19.1. The molecule has 2 aromatic carbocycles. The summed E-state index contributed by atoms with van der Waals surface area (Å²) < 4.78 is 1.48. The van der Waals surface area contributed by atoms with Crippen LogP contribution >= 0.6 is 11.8 Å². The number of rotatable bonds is 6. The second-order valence-electron chi connectivity index (χ2n) is 8.27. The van der Waals surface area contributed by atoms with E-state index in [9.17, 15) is 9.59 Å². The Morgan fingerprint density at radius 3 is 2.39 bits per heavy atom. The minimum absolute atomic E-state index is 0.164. The van der Waals surface area contributed by atoms with Crippen molar-refractivity contribution in [2.45, 2.75) is 44.0 Å². The van der Waals surface area contributed by atoms with Crippen LogP contribution in [-0.2, 0) is 4.79 Å². The smallest absolute Gasteiger partial charge is 0.267 e. The average molecular weight is 459 g/mol. The van der Waals surface area contributed by atoms with Gasteiger partial charge in [0.2, 0.25) is 5.91 Å². The summed E-state index contributed by atoms with van der Waals surface area (Å²) in [6.07, 6.45) is 1.71. The number of nitrogens with zero attached hydrogens (tertiary/aromatic N) is 3. The number of amides is 1. The van der Waals surface area contributed by atoms with E-state index in [1.54, 1.807) is 31.3 Å². The Morgan fingerprint density at radius 1 is 1.00 bits per heavy atom. The van der Waals surface area contributed by atoms with Crippen LogP contribution in [0, 0.1) is 6.92 Å². The Kier molecular flexibility index (Phi) is 6.60. The molecule has 168 valence electrons. The molecule has 0 spiro atoms. The Labute approximate surface area is 197 Å². The molecule has 0 aliphatic heterocycles. The molecule has 6 nitrogen and oxygen atoms in total. The highest BCUT2D eigenvalue weighted by molar-refractivity contribution is 8.00. The summed E-state index contributed by atoms with van der Waals surface area (Å²) in [7, 11) is 0. The minimum Gasteiger partial charge on any atom is -0.325 e. The summed E-state index contributed by atoms with van der Waals surface area (Å²) in [5, 5.41) is 3.40. The van der Waals surface area contributed by atoms with Gasteiger partial charge in [-0.1, -0.05) is 55.9 Å². The summed E-state index contributed by atoms with van der Waals surface area (Å²) in [4.78, 5) is 35.4. The minimum atomic E-state index is -0.487. The maximum atomic E-state index is 13.3. The van der Waals surface area contributed by atoms with Crippen LogP contribution in [0.3, 0.4) is 0 Å². The fourth-order valence-corrected chi connectivity index (χ4v) is 4.31. The van der Waals surface area contributed by atoms with Crippen molar-refractivity contribution in [2.75, 3.05) is 5.32 Å². The lowest BCUT2D eigenvalue weighted by molar-refractivity contribution is -0.115. The molecule has 0 saturated carbocycles. The molecule has 2 aromatic heterocycles. The summed E-state index contributed by atoms with van der Waals surface area (Å²) in [6.45, 7) is 8.00. The maximum Gasteiger partial charge on any atom is 0.267 e. The standard InChI is InChI=1S/C26H26N4O2S/c1-16(2)19-10-12-20(13-11-19)28-24(31)18(4)33-26-29-22-8-6-5-7-21(22)25(32)30(26)23-14-9-17(3)15-27-23/h5-16,18H,1-4H3,(H,28,31). The highest BCUT2D eigenvalue weighted by atomic mass is 32.2. The predicted molar refractivity (Wildman–Crippen MR) is 134 cm³/mol. The number of pyridine rings is 1. The van der Waals surface area contributed by atoms with Crippen molar-refractivity contribution in [3.8, 4) is 5.82 Å². The van der Waals surface area contributed by atoms with E-state index in [2.05, 4.69) is 24.1 Å². The lowest BCUT2D eigenvalue weighted by Gasteiger charge is -2.16. The quantitative estimate of drug-likeness (QED) is 0.312. The van der Waals surface area contributed by atoms with Gasteiger partial charge in [0.25, 0.3) is 5.56 Å². The third-order valence-electron chi connectivity index (χ3n) is 5.37. The molecule has 0 bridgehead atoms. The number of aryl methyl sites for hydroxylation is 1. The highest BCUT2D eigenvalue weighted by Crippen LogP contribution is 2.26. The fourth-order valence-electron chi connectivity index (χ4n) is 3.39. The van der Waals surface area contributed by atoms with Crippen LogP contribution in [0.5, 0.6) is 0 Å². The predicted octanol–water partition coefficient (Wildman–Crippen LogP) is 5.33. The van der Waals surface area contributed by atoms with Crippen LogP contribution < -0.4 is 10.9 Å². The summed E-state index contributed by atoms with van der Waals surface area (Å²) in [6, 6.07) is 18.7. The van der Waals surface area contributed by atoms with Gasteiger partial charge < -0.3 is 5.32 Å². The summed E-state index contributed by atoms with van der Waals surface area (Å²) >= 11 is 1.23. The van der Waals surface area contributed by atoms with Crippen LogP contribution in [0.25, 0.3) is 16.7 Å². The van der Waals surface area contributed by atoms with Crippen molar-refractivity contribution in [3.63, 3.8) is 0 Å². The van der Waals surface area contributed by atoms with Gasteiger partial charge in [0, 0.05) is 11.9 Å². The zero-order valence-corrected chi connectivity index (χ0v) is 19.9. The molecule has 0 radical (unpaired) electrons. The SMILES string of the molecule is Cc1ccc(-n2c(SC(C)C(=O)Nc3ccc(C(C)C)cc3)nc3ccccc3c2=O)nc1. The number of hydrogen-bond acceptors (Lipinski definition) is 5. The van der Waals surface area contributed by atoms with Crippen molar-refractivity contribution in [1.29, 1.82) is 0 Å². The van der Waals surface area contributed by atoms with E-state index in [-0.39, 0.29) is 11.5 Å². The number of aromatic nitrogens is 3. The number of benzene rings is 2. The molecule has 0 fully saturated rings. The normalized spacial score (nSPS) is 12.2. The first kappa shape index (κ1) is 22.7. The lowest BCUT2D eigenvalue weighted by Crippen LogP contribution is -2.26. The number of para-hydroxylation sites is 1. The van der Waals surface area contributed by atoms with Gasteiger partial charge in [-0.3, -0.25) is 9.59 Å². The van der Waals surface area contributed by atoms with E-state index in [0.717, 1.165) is 11.3 Å². The number of carbonyl (C=O) groups is 1. The topological polar surface area (TPSA) is 76.9 Å². The van der Waals surface area contributed by atoms with Crippen molar-refractivity contribution in [2.24, 2.45) is 0 Å². The highest BCUT2D eigenvalue weighted by Gasteiger charge is 2.21. The Bertz CT molecular complexity index is 1350. The first-order chi connectivity index (χ1) is 15.8. The molecular weight excluding hydrogens is 432 g/mol. The number of thioether (sulfide) groups is 1. The molecule has 1 amide bonds. The third-order valence-corrected chi connectivity index (χ3v) is 6.42. The van der Waals surface area contributed by atoms with E-state index in [0.29, 0.717) is 27.8 Å². The van der Waals surface area contributed by atoms with Crippen LogP contribution in [0.2, 0.25) is 0 Å². The molecule has 4 aromatic rings. The van der Waals surface area contributed by atoms with E-state index in [1.807, 2.05) is 49.4 Å². The van der Waals surface area contributed by atoms with E-state index >= 15 is 0 Å². The van der Waals surface area contributed by atoms with Gasteiger partial charge in [-0.2, -0.15) is 0 Å². The largest absolute Gasteiger partial charge is 0.325 e. The molecule has 0 aliphatic carbocycles. The lowest BCUT2D eigenvalue weighted by atomic mass is 10.0. The van der Waals surface area contributed by atoms with Crippen molar-refractivity contribution < 1.29 is 4.79 Å². The first-order valence-corrected chi connectivity index (χ1v) is 11.7. The van der Waals surface area contributed by atoms with Crippen LogP contribution in [0.1, 0.15) is 37.8 Å². The molecule has 1 unspecified atom stereocenters. The number of anilines is 1. The molecule has 7 heteroatoms. The van der Waals surface area contributed by atoms with Crippen molar-refractivity contribution in [1.82, 2.24) is 14.5 Å². The van der Waals surface area contributed by atoms with Crippen LogP contribution in [0.4, 0.5) is 5.69 Å². The van der Waals surface area contributed by atoms with E-state index in [1.165, 1.54) is 21.9 Å². The molecule has 0 aliphatic rings. The maximum absolute atomic E-state index is 13.3. The summed E-state index contributed by atoms with van der Waals surface area (Å²) in [5.41, 5.74) is 3.32. The third kappa shape index (κ3) is 4.98. The first-order valence-electron chi connectivity index (χ1n) is 10.9. The number of carbonyl (C=O) groups excluding carboxylic acids is 1. The average Bonchev–Trinajstić information content (AvgIpc) is 2.80.